The summed E-state index contributed by atoms with van der Waals surface area (Å²) in [5.74, 6) is -0.610. The monoisotopic (exact) mass is 278 g/mol. The molecule has 1 N–H and O–H groups in total. The maximum absolute atomic E-state index is 14.0. The lowest BCUT2D eigenvalue weighted by molar-refractivity contribution is 0.107. The van der Waals surface area contributed by atoms with E-state index in [-0.39, 0.29) is 5.83 Å². The van der Waals surface area contributed by atoms with Gasteiger partial charge in [0.15, 0.2) is 0 Å². The van der Waals surface area contributed by atoms with Gasteiger partial charge in [-0.2, -0.15) is 0 Å². The fraction of sp³-hybridized carbons (Fsp3) is 0.556. The van der Waals surface area contributed by atoms with Crippen molar-refractivity contribution in [3.8, 4) is 0 Å². The largest absolute Gasteiger partial charge is 0.388 e. The Balaban J connectivity index is 2.60. The molecule has 0 bridgehead atoms. The zero-order valence-corrected chi connectivity index (χ0v) is 12.7. The topological polar surface area (TPSA) is 20.2 Å². The van der Waals surface area contributed by atoms with E-state index in [1.165, 1.54) is 25.3 Å². The van der Waals surface area contributed by atoms with E-state index in [2.05, 4.69) is 6.92 Å². The molecular weight excluding hydrogens is 251 g/mol. The third kappa shape index (κ3) is 5.46. The molecule has 1 rings (SSSR count). The van der Waals surface area contributed by atoms with Crippen LogP contribution in [0, 0.1) is 5.92 Å². The Kier molecular flexibility index (Phi) is 8.20. The maximum atomic E-state index is 14.0. The molecule has 0 heterocycles. The molecule has 0 aliphatic rings. The van der Waals surface area contributed by atoms with Gasteiger partial charge in [0.25, 0.3) is 0 Å². The summed E-state index contributed by atoms with van der Waals surface area (Å²) in [5, 5.41) is 10.4. The number of rotatable bonds is 9. The standard InChI is InChI=1S/C18H27FO/c1-3-5-6-7-11-14-16(17(19)4-2)18(20)15-12-9-8-10-13-15/h4,8-10,12-13,16,18,20H,3,5-7,11,14H2,1-2H3/t16-,18+/m1/s1. The highest BCUT2D eigenvalue weighted by Crippen LogP contribution is 2.33. The Hall–Kier alpha value is -1.15. The Morgan fingerprint density at radius 1 is 1.15 bits per heavy atom. The Morgan fingerprint density at radius 3 is 2.40 bits per heavy atom. The first kappa shape index (κ1) is 16.9. The van der Waals surface area contributed by atoms with Gasteiger partial charge >= 0.3 is 0 Å². The van der Waals surface area contributed by atoms with Crippen LogP contribution in [0.2, 0.25) is 0 Å². The average Bonchev–Trinajstić information content (AvgIpc) is 2.50. The van der Waals surface area contributed by atoms with Crippen LogP contribution in [0.4, 0.5) is 4.39 Å². The molecule has 0 aromatic heterocycles. The second-order valence-electron chi connectivity index (χ2n) is 5.34. The van der Waals surface area contributed by atoms with Crippen LogP contribution in [0.15, 0.2) is 42.2 Å². The van der Waals surface area contributed by atoms with Gasteiger partial charge in [-0.3, -0.25) is 0 Å². The van der Waals surface area contributed by atoms with E-state index in [4.69, 9.17) is 0 Å². The molecule has 0 saturated heterocycles. The number of unbranched alkanes of at least 4 members (excludes halogenated alkanes) is 4. The third-order valence-corrected chi connectivity index (χ3v) is 3.77. The van der Waals surface area contributed by atoms with Crippen LogP contribution in [0.3, 0.4) is 0 Å². The third-order valence-electron chi connectivity index (χ3n) is 3.77. The first-order valence-corrected chi connectivity index (χ1v) is 7.75. The van der Waals surface area contributed by atoms with Gasteiger partial charge in [0.05, 0.1) is 6.10 Å². The van der Waals surface area contributed by atoms with Gasteiger partial charge in [-0.1, -0.05) is 75.4 Å². The SMILES string of the molecule is CC=C(F)[C@@H](CCCCCCC)[C@@H](O)c1ccccc1. The molecule has 0 fully saturated rings. The molecule has 20 heavy (non-hydrogen) atoms. The van der Waals surface area contributed by atoms with E-state index in [0.717, 1.165) is 18.4 Å². The number of halogens is 1. The van der Waals surface area contributed by atoms with E-state index in [0.29, 0.717) is 6.42 Å². The Labute approximate surface area is 122 Å². The fourth-order valence-electron chi connectivity index (χ4n) is 2.51. The predicted molar refractivity (Wildman–Crippen MR) is 83.1 cm³/mol. The molecular formula is C18H27FO. The van der Waals surface area contributed by atoms with Crippen molar-refractivity contribution in [3.05, 3.63) is 47.8 Å². The van der Waals surface area contributed by atoms with Gasteiger partial charge in [-0.25, -0.2) is 4.39 Å². The Bertz CT molecular complexity index is 386. The molecule has 0 radical (unpaired) electrons. The van der Waals surface area contributed by atoms with Gasteiger partial charge < -0.3 is 5.11 Å². The molecule has 1 nitrogen and oxygen atoms in total. The van der Waals surface area contributed by atoms with Crippen LogP contribution < -0.4 is 0 Å². The summed E-state index contributed by atoms with van der Waals surface area (Å²) in [7, 11) is 0. The fourth-order valence-corrected chi connectivity index (χ4v) is 2.51. The molecule has 112 valence electrons. The van der Waals surface area contributed by atoms with Crippen molar-refractivity contribution in [1.29, 1.82) is 0 Å². The lowest BCUT2D eigenvalue weighted by Gasteiger charge is -2.22. The summed E-state index contributed by atoms with van der Waals surface area (Å²) < 4.78 is 14.0. The van der Waals surface area contributed by atoms with E-state index in [9.17, 15) is 9.50 Å². The van der Waals surface area contributed by atoms with Gasteiger partial charge in [0.2, 0.25) is 0 Å². The summed E-state index contributed by atoms with van der Waals surface area (Å²) in [4.78, 5) is 0. The van der Waals surface area contributed by atoms with Gasteiger partial charge in [0.1, 0.15) is 5.83 Å². The van der Waals surface area contributed by atoms with Crippen molar-refractivity contribution in [2.75, 3.05) is 0 Å². The number of hydrogen-bond acceptors (Lipinski definition) is 1. The van der Waals surface area contributed by atoms with E-state index in [1.54, 1.807) is 6.92 Å². The van der Waals surface area contributed by atoms with Crippen LogP contribution in [0.25, 0.3) is 0 Å². The number of benzene rings is 1. The van der Waals surface area contributed by atoms with Crippen LogP contribution >= 0.6 is 0 Å². The molecule has 0 spiro atoms. The minimum absolute atomic E-state index is 0.197. The molecule has 0 aliphatic carbocycles. The summed E-state index contributed by atoms with van der Waals surface area (Å²) in [6.07, 6.45) is 7.15. The number of allylic oxidation sites excluding steroid dienone is 1. The molecule has 0 amide bonds. The second-order valence-corrected chi connectivity index (χ2v) is 5.34. The van der Waals surface area contributed by atoms with Gasteiger partial charge in [0, 0.05) is 5.92 Å². The van der Waals surface area contributed by atoms with Crippen LogP contribution in [-0.4, -0.2) is 5.11 Å². The van der Waals surface area contributed by atoms with Crippen molar-refractivity contribution < 1.29 is 9.50 Å². The predicted octanol–water partition coefficient (Wildman–Crippen LogP) is 5.57. The zero-order chi connectivity index (χ0) is 14.8. The van der Waals surface area contributed by atoms with Crippen molar-refractivity contribution in [1.82, 2.24) is 0 Å². The van der Waals surface area contributed by atoms with Crippen LogP contribution in [-0.2, 0) is 0 Å². The molecule has 2 heteroatoms. The highest BCUT2D eigenvalue weighted by atomic mass is 19.1. The Morgan fingerprint density at radius 2 is 1.80 bits per heavy atom. The van der Waals surface area contributed by atoms with E-state index < -0.39 is 12.0 Å². The minimum Gasteiger partial charge on any atom is -0.388 e. The quantitative estimate of drug-likeness (QED) is 0.585. The van der Waals surface area contributed by atoms with E-state index in [1.807, 2.05) is 30.3 Å². The highest BCUT2D eigenvalue weighted by Gasteiger charge is 2.24. The van der Waals surface area contributed by atoms with Gasteiger partial charge in [-0.05, 0) is 18.9 Å². The summed E-state index contributed by atoms with van der Waals surface area (Å²) in [6, 6.07) is 9.38. The number of aliphatic hydroxyl groups is 1. The van der Waals surface area contributed by atoms with E-state index >= 15 is 0 Å². The van der Waals surface area contributed by atoms with Crippen molar-refractivity contribution in [2.24, 2.45) is 5.92 Å². The first-order valence-electron chi connectivity index (χ1n) is 7.75. The molecule has 1 aromatic rings. The average molecular weight is 278 g/mol. The van der Waals surface area contributed by atoms with Gasteiger partial charge in [-0.15, -0.1) is 0 Å². The highest BCUT2D eigenvalue weighted by molar-refractivity contribution is 5.20. The molecule has 1 aromatic carbocycles. The molecule has 0 unspecified atom stereocenters. The summed E-state index contributed by atoms with van der Waals surface area (Å²) in [6.45, 7) is 3.87. The summed E-state index contributed by atoms with van der Waals surface area (Å²) >= 11 is 0. The lowest BCUT2D eigenvalue weighted by atomic mass is 9.89. The zero-order valence-electron chi connectivity index (χ0n) is 12.7. The number of aliphatic hydroxyl groups excluding tert-OH is 1. The molecule has 0 aliphatic heterocycles. The van der Waals surface area contributed by atoms with Crippen LogP contribution in [0.1, 0.15) is 64.0 Å². The van der Waals surface area contributed by atoms with Crippen molar-refractivity contribution in [3.63, 3.8) is 0 Å². The second kappa shape index (κ2) is 9.71. The first-order chi connectivity index (χ1) is 9.70. The van der Waals surface area contributed by atoms with Crippen molar-refractivity contribution in [2.45, 2.75) is 58.5 Å². The molecule has 0 saturated carbocycles. The maximum Gasteiger partial charge on any atom is 0.102 e. The summed E-state index contributed by atoms with van der Waals surface area (Å²) in [5.41, 5.74) is 0.794. The van der Waals surface area contributed by atoms with Crippen LogP contribution in [0.5, 0.6) is 0 Å². The normalized spacial score (nSPS) is 15.1. The lowest BCUT2D eigenvalue weighted by Crippen LogP contribution is -2.13. The molecule has 2 atom stereocenters. The smallest absolute Gasteiger partial charge is 0.102 e. The number of hydrogen-bond donors (Lipinski definition) is 1. The minimum atomic E-state index is -0.751. The van der Waals surface area contributed by atoms with Crippen molar-refractivity contribution >= 4 is 0 Å².